The average molecular weight is 499 g/mol. The van der Waals surface area contributed by atoms with Crippen molar-refractivity contribution in [2.45, 2.75) is 97.8 Å². The van der Waals surface area contributed by atoms with E-state index in [0.29, 0.717) is 11.8 Å². The van der Waals surface area contributed by atoms with Gasteiger partial charge in [-0.05, 0) is 63.2 Å². The molecule has 35 heavy (non-hydrogen) atoms. The molecule has 0 radical (unpaired) electrons. The average Bonchev–Trinajstić information content (AvgIpc) is 3.33. The number of hydrogen-bond acceptors (Lipinski definition) is 8. The highest BCUT2D eigenvalue weighted by atomic mass is 32.2. The Morgan fingerprint density at radius 2 is 2.06 bits per heavy atom. The lowest BCUT2D eigenvalue weighted by Crippen LogP contribution is -2.54. The number of allylic oxidation sites excluding steroid dienone is 1. The van der Waals surface area contributed by atoms with Gasteiger partial charge in [0.25, 0.3) is 0 Å². The molecule has 0 saturated heterocycles. The number of nitrogens with one attached hydrogen (secondary N) is 4. The number of nitrogens with zero attached hydrogens (tertiary/aromatic N) is 4. The van der Waals surface area contributed by atoms with Crippen molar-refractivity contribution in [2.24, 2.45) is 9.98 Å². The molecule has 2 aliphatic rings. The quantitative estimate of drug-likeness (QED) is 0.152. The highest BCUT2D eigenvalue weighted by Crippen LogP contribution is 2.22. The molecule has 4 N–H and O–H groups in total. The van der Waals surface area contributed by atoms with Crippen LogP contribution in [0.3, 0.4) is 0 Å². The van der Waals surface area contributed by atoms with Crippen LogP contribution < -0.4 is 16.2 Å². The maximum absolute atomic E-state index is 8.14. The maximum atomic E-state index is 8.14. The van der Waals surface area contributed by atoms with E-state index in [1.165, 1.54) is 19.3 Å². The number of thioether (sulfide) groups is 1. The van der Waals surface area contributed by atoms with E-state index in [0.717, 1.165) is 59.3 Å². The molecule has 8 nitrogen and oxygen atoms in total. The Kier molecular flexibility index (Phi) is 10.7. The fraction of sp³-hybridized carbons (Fsp3) is 0.615. The highest BCUT2D eigenvalue weighted by molar-refractivity contribution is 8.13. The molecular weight excluding hydrogens is 456 g/mol. The van der Waals surface area contributed by atoms with Crippen molar-refractivity contribution >= 4 is 28.5 Å². The van der Waals surface area contributed by atoms with Crippen LogP contribution in [0.15, 0.2) is 45.9 Å². The zero-order chi connectivity index (χ0) is 25.2. The third kappa shape index (κ3) is 8.15. The van der Waals surface area contributed by atoms with Gasteiger partial charge in [0, 0.05) is 36.3 Å². The van der Waals surface area contributed by atoms with Gasteiger partial charge in [0.1, 0.15) is 12.2 Å². The van der Waals surface area contributed by atoms with Gasteiger partial charge in [0.15, 0.2) is 5.17 Å². The second-order valence-corrected chi connectivity index (χ2v) is 10.3. The van der Waals surface area contributed by atoms with E-state index in [9.17, 15) is 0 Å². The number of aromatic nitrogens is 2. The summed E-state index contributed by atoms with van der Waals surface area (Å²) in [4.78, 5) is 14.1. The molecule has 192 valence electrons. The number of hydrazine groups is 1. The molecule has 1 saturated carbocycles. The largest absolute Gasteiger partial charge is 0.305 e. The van der Waals surface area contributed by atoms with Gasteiger partial charge in [-0.2, -0.15) is 0 Å². The molecule has 3 rings (SSSR count). The first-order valence-corrected chi connectivity index (χ1v) is 13.9. The highest BCUT2D eigenvalue weighted by Gasteiger charge is 2.22. The van der Waals surface area contributed by atoms with Gasteiger partial charge in [-0.25, -0.2) is 15.4 Å². The van der Waals surface area contributed by atoms with Crippen molar-refractivity contribution in [1.29, 1.82) is 5.41 Å². The van der Waals surface area contributed by atoms with Gasteiger partial charge in [-0.3, -0.25) is 20.3 Å². The smallest absolute Gasteiger partial charge is 0.171 e. The normalized spacial score (nSPS) is 20.9. The fourth-order valence-electron chi connectivity index (χ4n) is 3.93. The molecule has 0 amide bonds. The first-order chi connectivity index (χ1) is 16.9. The number of rotatable bonds is 11. The van der Waals surface area contributed by atoms with Gasteiger partial charge in [-0.1, -0.05) is 39.0 Å². The van der Waals surface area contributed by atoms with Crippen LogP contribution in [0.4, 0.5) is 0 Å². The molecule has 0 bridgehead atoms. The number of imidazole rings is 1. The summed E-state index contributed by atoms with van der Waals surface area (Å²) in [6.45, 7) is 10.4. The van der Waals surface area contributed by atoms with Crippen LogP contribution in [0.2, 0.25) is 0 Å². The number of hydrogen-bond donors (Lipinski definition) is 4. The lowest BCUT2D eigenvalue weighted by molar-refractivity contribution is 0.298. The number of aryl methyl sites for hydroxylation is 1. The molecule has 1 aliphatic heterocycles. The van der Waals surface area contributed by atoms with Crippen molar-refractivity contribution in [2.75, 3.05) is 5.75 Å². The predicted molar refractivity (Wildman–Crippen MR) is 149 cm³/mol. The van der Waals surface area contributed by atoms with Gasteiger partial charge >= 0.3 is 0 Å². The molecule has 1 aromatic rings. The topological polar surface area (TPSA) is 102 Å². The monoisotopic (exact) mass is 498 g/mol. The van der Waals surface area contributed by atoms with E-state index in [1.54, 1.807) is 11.8 Å². The van der Waals surface area contributed by atoms with Crippen molar-refractivity contribution in [3.63, 3.8) is 0 Å². The molecule has 9 heteroatoms. The van der Waals surface area contributed by atoms with Crippen LogP contribution in [0.1, 0.15) is 78.8 Å². The first-order valence-electron chi connectivity index (χ1n) is 12.9. The Hall–Kier alpha value is -2.23. The van der Waals surface area contributed by atoms with Crippen LogP contribution >= 0.6 is 11.8 Å². The van der Waals surface area contributed by atoms with E-state index in [-0.39, 0.29) is 12.2 Å². The third-order valence-corrected chi connectivity index (χ3v) is 7.48. The van der Waals surface area contributed by atoms with E-state index in [1.807, 2.05) is 30.9 Å². The Labute approximate surface area is 214 Å². The summed E-state index contributed by atoms with van der Waals surface area (Å²) in [6.07, 6.45) is 15.1. The Bertz CT molecular complexity index is 970. The first kappa shape index (κ1) is 27.4. The van der Waals surface area contributed by atoms with Crippen molar-refractivity contribution < 1.29 is 0 Å². The van der Waals surface area contributed by atoms with Crippen molar-refractivity contribution in [3.8, 4) is 0 Å². The SMILES string of the molecule is CCC(=N)/C(C)=C/C(NNC1=NC(/C(C)=C/N=C(\CC)n2cnc(CC)c2)CCS1)NC1CCC1. The number of aliphatic imine (C=N–C) groups is 2. The van der Waals surface area contributed by atoms with Crippen LogP contribution in [0, 0.1) is 5.41 Å². The molecule has 2 heterocycles. The second kappa shape index (κ2) is 13.8. The molecule has 1 fully saturated rings. The van der Waals surface area contributed by atoms with Gasteiger partial charge in [0.05, 0.1) is 17.9 Å². The zero-order valence-electron chi connectivity index (χ0n) is 21.9. The molecule has 1 aromatic heterocycles. The molecule has 2 atom stereocenters. The summed E-state index contributed by atoms with van der Waals surface area (Å²) in [6, 6.07) is 0.641. The lowest BCUT2D eigenvalue weighted by atomic mass is 9.93. The van der Waals surface area contributed by atoms with Crippen LogP contribution in [0.25, 0.3) is 0 Å². The van der Waals surface area contributed by atoms with E-state index in [2.05, 4.69) is 54.2 Å². The summed E-state index contributed by atoms with van der Waals surface area (Å²) in [5.41, 5.74) is 10.7. The molecule has 2 unspecified atom stereocenters. The maximum Gasteiger partial charge on any atom is 0.171 e. The summed E-state index contributed by atoms with van der Waals surface area (Å²) in [5, 5.41) is 12.7. The minimum Gasteiger partial charge on any atom is -0.305 e. The minimum absolute atomic E-state index is 0.0487. The third-order valence-electron chi connectivity index (χ3n) is 6.56. The van der Waals surface area contributed by atoms with Crippen LogP contribution in [0.5, 0.6) is 0 Å². The lowest BCUT2D eigenvalue weighted by Gasteiger charge is -2.32. The Balaban J connectivity index is 1.65. The Morgan fingerprint density at radius 3 is 2.69 bits per heavy atom. The minimum atomic E-state index is -0.0487. The summed E-state index contributed by atoms with van der Waals surface area (Å²) >= 11 is 1.74. The summed E-state index contributed by atoms with van der Waals surface area (Å²) < 4.78 is 2.02. The molecule has 1 aliphatic carbocycles. The zero-order valence-corrected chi connectivity index (χ0v) is 22.7. The Morgan fingerprint density at radius 1 is 1.26 bits per heavy atom. The van der Waals surface area contributed by atoms with Crippen molar-refractivity contribution in [3.05, 3.63) is 41.6 Å². The molecule has 0 spiro atoms. The van der Waals surface area contributed by atoms with Crippen molar-refractivity contribution in [1.82, 2.24) is 25.7 Å². The fourth-order valence-corrected chi connectivity index (χ4v) is 4.80. The second-order valence-electron chi connectivity index (χ2n) is 9.21. The van der Waals surface area contributed by atoms with Crippen LogP contribution in [-0.2, 0) is 6.42 Å². The van der Waals surface area contributed by atoms with E-state index < -0.39 is 0 Å². The van der Waals surface area contributed by atoms with Gasteiger partial charge in [0.2, 0.25) is 0 Å². The van der Waals surface area contributed by atoms with E-state index >= 15 is 0 Å². The number of amidine groups is 1. The summed E-state index contributed by atoms with van der Waals surface area (Å²) in [7, 11) is 0. The van der Waals surface area contributed by atoms with Crippen LogP contribution in [-0.4, -0.2) is 50.3 Å². The predicted octanol–water partition coefficient (Wildman–Crippen LogP) is 4.81. The standard InChI is InChI=1S/C26H42N8S/c1-6-20-16-34(17-29-20)25(8-3)28-15-19(5)23-12-13-35-26(31-23)33-32-24(30-21-10-9-11-21)14-18(4)22(27)7-2/h14-17,21,23-24,27,30,32H,6-13H2,1-5H3,(H,31,33)/b18-14+,19-15+,27-22?,28-25+. The van der Waals surface area contributed by atoms with Gasteiger partial charge in [-0.15, -0.1) is 0 Å². The van der Waals surface area contributed by atoms with E-state index in [4.69, 9.17) is 15.4 Å². The van der Waals surface area contributed by atoms with Gasteiger partial charge < -0.3 is 5.41 Å². The summed E-state index contributed by atoms with van der Waals surface area (Å²) in [5.74, 6) is 1.99. The molecular formula is C26H42N8S. The molecule has 0 aromatic carbocycles.